The molecule has 0 bridgehead atoms. The fourth-order valence-electron chi connectivity index (χ4n) is 3.64. The summed E-state index contributed by atoms with van der Waals surface area (Å²) >= 11 is 3.53. The molecule has 2 aromatic carbocycles. The lowest BCUT2D eigenvalue weighted by Gasteiger charge is -2.24. The number of rotatable bonds is 7. The third-order valence-electron chi connectivity index (χ3n) is 5.22. The van der Waals surface area contributed by atoms with Gasteiger partial charge in [0.25, 0.3) is 0 Å². The van der Waals surface area contributed by atoms with Crippen LogP contribution in [0.3, 0.4) is 0 Å². The Labute approximate surface area is 187 Å². The van der Waals surface area contributed by atoms with Crippen molar-refractivity contribution in [1.29, 1.82) is 0 Å². The number of anilines is 1. The van der Waals surface area contributed by atoms with Crippen LogP contribution in [0.2, 0.25) is 0 Å². The molecule has 1 aromatic heterocycles. The molecule has 0 radical (unpaired) electrons. The highest BCUT2D eigenvalue weighted by molar-refractivity contribution is 9.10. The summed E-state index contributed by atoms with van der Waals surface area (Å²) in [4.78, 5) is 18.2. The predicted octanol–water partition coefficient (Wildman–Crippen LogP) is 3.43. The normalized spacial score (nSPS) is 16.8. The molecule has 30 heavy (non-hydrogen) atoms. The maximum Gasteiger partial charge on any atom is 0.139 e. The number of aldehydes is 1. The van der Waals surface area contributed by atoms with Crippen LogP contribution >= 0.6 is 15.9 Å². The molecule has 1 aliphatic heterocycles. The maximum absolute atomic E-state index is 13.5. The van der Waals surface area contributed by atoms with E-state index in [1.807, 2.05) is 45.3 Å². The molecule has 1 atom stereocenters. The van der Waals surface area contributed by atoms with E-state index in [2.05, 4.69) is 37.9 Å². The zero-order valence-corrected chi connectivity index (χ0v) is 18.9. The third-order valence-corrected chi connectivity index (χ3v) is 7.25. The van der Waals surface area contributed by atoms with E-state index in [9.17, 15) is 9.00 Å². The molecule has 0 saturated carbocycles. The zero-order chi connectivity index (χ0) is 20.9. The van der Waals surface area contributed by atoms with Crippen molar-refractivity contribution in [2.75, 3.05) is 24.5 Å². The summed E-state index contributed by atoms with van der Waals surface area (Å²) in [6, 6.07) is 16.2. The number of aromatic nitrogens is 2. The summed E-state index contributed by atoms with van der Waals surface area (Å²) in [6.07, 6.45) is 5.19. The first kappa shape index (κ1) is 21.0. The van der Waals surface area contributed by atoms with Crippen LogP contribution in [0, 0.1) is 0 Å². The first-order chi connectivity index (χ1) is 14.7. The first-order valence-electron chi connectivity index (χ1n) is 9.83. The highest BCUT2D eigenvalue weighted by Crippen LogP contribution is 2.32. The number of carbonyl (C=O) groups excluding carboxylic acids is 1. The van der Waals surface area contributed by atoms with E-state index in [0.29, 0.717) is 13.1 Å². The molecule has 0 N–H and O–H groups in total. The Bertz CT molecular complexity index is 1040. The highest BCUT2D eigenvalue weighted by Gasteiger charge is 2.26. The molecule has 156 valence electrons. The van der Waals surface area contributed by atoms with Gasteiger partial charge in [-0.15, -0.1) is 0 Å². The van der Waals surface area contributed by atoms with Gasteiger partial charge >= 0.3 is 0 Å². The fourth-order valence-corrected chi connectivity index (χ4v) is 5.54. The Morgan fingerprint density at radius 3 is 2.77 bits per heavy atom. The molecule has 0 amide bonds. The van der Waals surface area contributed by atoms with Crippen LogP contribution in [0.15, 0.2) is 70.4 Å². The number of imidazole rings is 1. The van der Waals surface area contributed by atoms with E-state index in [4.69, 9.17) is 0 Å². The van der Waals surface area contributed by atoms with Crippen molar-refractivity contribution in [3.05, 3.63) is 76.8 Å². The van der Waals surface area contributed by atoms with E-state index in [0.717, 1.165) is 46.5 Å². The fraction of sp³-hybridized carbons (Fsp3) is 0.273. The topological polar surface area (TPSA) is 58.4 Å². The van der Waals surface area contributed by atoms with Crippen LogP contribution in [0.25, 0.3) is 0 Å². The summed E-state index contributed by atoms with van der Waals surface area (Å²) in [6.45, 7) is 3.03. The van der Waals surface area contributed by atoms with Crippen molar-refractivity contribution < 1.29 is 9.00 Å². The molecule has 0 spiro atoms. The van der Waals surface area contributed by atoms with Gasteiger partial charge in [0.15, 0.2) is 0 Å². The lowest BCUT2D eigenvalue weighted by molar-refractivity contribution is -0.108. The SMILES string of the molecule is O=CCn1cncc1CN1CCN(CCc2ccccc2)S(=O)c2cc(Br)ccc21. The lowest BCUT2D eigenvalue weighted by Crippen LogP contribution is -2.34. The Hall–Kier alpha value is -2.29. The molecule has 1 unspecified atom stereocenters. The molecule has 3 aromatic rings. The van der Waals surface area contributed by atoms with Crippen molar-refractivity contribution >= 4 is 38.9 Å². The number of hydrogen-bond acceptors (Lipinski definition) is 4. The molecule has 4 rings (SSSR count). The minimum atomic E-state index is -1.25. The zero-order valence-electron chi connectivity index (χ0n) is 16.5. The summed E-state index contributed by atoms with van der Waals surface area (Å²) in [5, 5.41) is 0. The minimum Gasteiger partial charge on any atom is -0.363 e. The van der Waals surface area contributed by atoms with Crippen molar-refractivity contribution in [2.24, 2.45) is 0 Å². The van der Waals surface area contributed by atoms with E-state index in [-0.39, 0.29) is 6.54 Å². The van der Waals surface area contributed by atoms with Gasteiger partial charge in [0.1, 0.15) is 17.3 Å². The Kier molecular flexibility index (Phi) is 6.76. The van der Waals surface area contributed by atoms with Crippen molar-refractivity contribution in [3.63, 3.8) is 0 Å². The first-order valence-corrected chi connectivity index (χ1v) is 11.7. The van der Waals surface area contributed by atoms with Crippen molar-refractivity contribution in [2.45, 2.75) is 24.4 Å². The quantitative estimate of drug-likeness (QED) is 0.480. The van der Waals surface area contributed by atoms with Gasteiger partial charge in [-0.2, -0.15) is 0 Å². The largest absolute Gasteiger partial charge is 0.363 e. The smallest absolute Gasteiger partial charge is 0.139 e. The average Bonchev–Trinajstić information content (AvgIpc) is 3.15. The molecule has 0 fully saturated rings. The van der Waals surface area contributed by atoms with Crippen LogP contribution in [0.5, 0.6) is 0 Å². The summed E-state index contributed by atoms with van der Waals surface area (Å²) in [5.74, 6) is 0. The summed E-state index contributed by atoms with van der Waals surface area (Å²) < 4.78 is 18.3. The van der Waals surface area contributed by atoms with Crippen molar-refractivity contribution in [1.82, 2.24) is 13.9 Å². The second-order valence-electron chi connectivity index (χ2n) is 7.15. The molecular weight excluding hydrogens is 464 g/mol. The van der Waals surface area contributed by atoms with Crippen LogP contribution in [-0.2, 0) is 35.3 Å². The van der Waals surface area contributed by atoms with Crippen LogP contribution in [-0.4, -0.2) is 44.0 Å². The molecule has 8 heteroatoms. The predicted molar refractivity (Wildman–Crippen MR) is 122 cm³/mol. The van der Waals surface area contributed by atoms with E-state index in [1.165, 1.54) is 5.56 Å². The number of hydrogen-bond donors (Lipinski definition) is 0. The number of carbonyl (C=O) groups is 1. The summed E-state index contributed by atoms with van der Waals surface area (Å²) in [7, 11) is -1.25. The van der Waals surface area contributed by atoms with Gasteiger partial charge < -0.3 is 14.3 Å². The maximum atomic E-state index is 13.5. The van der Waals surface area contributed by atoms with Crippen LogP contribution in [0.4, 0.5) is 5.69 Å². The van der Waals surface area contributed by atoms with Gasteiger partial charge in [0.05, 0.1) is 35.7 Å². The summed E-state index contributed by atoms with van der Waals surface area (Å²) in [5.41, 5.74) is 3.15. The Balaban J connectivity index is 1.58. The van der Waals surface area contributed by atoms with Crippen molar-refractivity contribution in [3.8, 4) is 0 Å². The van der Waals surface area contributed by atoms with Crippen LogP contribution < -0.4 is 4.90 Å². The lowest BCUT2D eigenvalue weighted by atomic mass is 10.1. The highest BCUT2D eigenvalue weighted by atomic mass is 79.9. The van der Waals surface area contributed by atoms with Gasteiger partial charge in [0.2, 0.25) is 0 Å². The third kappa shape index (κ3) is 4.71. The van der Waals surface area contributed by atoms with E-state index in [1.54, 1.807) is 12.5 Å². The Morgan fingerprint density at radius 2 is 1.97 bits per heavy atom. The number of nitrogens with zero attached hydrogens (tertiary/aromatic N) is 4. The van der Waals surface area contributed by atoms with Gasteiger partial charge in [-0.25, -0.2) is 13.5 Å². The minimum absolute atomic E-state index is 0.283. The number of benzene rings is 2. The molecule has 0 saturated heterocycles. The Morgan fingerprint density at radius 1 is 1.13 bits per heavy atom. The molecule has 2 heterocycles. The van der Waals surface area contributed by atoms with E-state index < -0.39 is 11.0 Å². The second kappa shape index (κ2) is 9.68. The molecule has 1 aliphatic rings. The van der Waals surface area contributed by atoms with Gasteiger partial charge in [-0.3, -0.25) is 0 Å². The molecular formula is C22H23BrN4O2S. The van der Waals surface area contributed by atoms with Crippen LogP contribution in [0.1, 0.15) is 11.3 Å². The molecule has 6 nitrogen and oxygen atoms in total. The van der Waals surface area contributed by atoms with Gasteiger partial charge in [-0.1, -0.05) is 46.3 Å². The number of fused-ring (bicyclic) bond motifs is 1. The van der Waals surface area contributed by atoms with E-state index >= 15 is 0 Å². The average molecular weight is 487 g/mol. The number of halogens is 1. The monoisotopic (exact) mass is 486 g/mol. The van der Waals surface area contributed by atoms with Gasteiger partial charge in [0, 0.05) is 30.3 Å². The molecule has 0 aliphatic carbocycles. The standard InChI is InChI=1S/C22H23BrN4O2S/c23-19-6-7-21-22(14-19)30(29)27(9-8-18-4-2-1-3-5-18)11-10-25(21)16-20-15-24-17-26(20)12-13-28/h1-7,13-15,17H,8-12,16H2. The van der Waals surface area contributed by atoms with Gasteiger partial charge in [-0.05, 0) is 30.2 Å². The second-order valence-corrected chi connectivity index (χ2v) is 9.52.